The number of amides is 2. The van der Waals surface area contributed by atoms with Crippen LogP contribution in [0.1, 0.15) is 32.1 Å². The summed E-state index contributed by atoms with van der Waals surface area (Å²) in [6, 6.07) is 0. The van der Waals surface area contributed by atoms with Crippen molar-refractivity contribution < 1.29 is 19.2 Å². The van der Waals surface area contributed by atoms with E-state index in [1.165, 1.54) is 4.90 Å². The molecule has 1 aliphatic heterocycles. The molecule has 6 nitrogen and oxygen atoms in total. The topological polar surface area (TPSA) is 83.6 Å². The van der Waals surface area contributed by atoms with Gasteiger partial charge in [-0.15, -0.1) is 0 Å². The molecule has 2 aliphatic rings. The smallest absolute Gasteiger partial charge is 0.229 e. The number of hydrogen-bond donors (Lipinski definition) is 1. The van der Waals surface area contributed by atoms with Crippen molar-refractivity contribution in [3.63, 3.8) is 0 Å². The number of imide groups is 1. The van der Waals surface area contributed by atoms with Crippen LogP contribution in [0.3, 0.4) is 0 Å². The zero-order valence-electron chi connectivity index (χ0n) is 10.8. The fourth-order valence-corrected chi connectivity index (χ4v) is 2.53. The van der Waals surface area contributed by atoms with Gasteiger partial charge in [0, 0.05) is 38.8 Å². The summed E-state index contributed by atoms with van der Waals surface area (Å²) >= 11 is 0. The molecule has 0 bridgehead atoms. The van der Waals surface area contributed by atoms with Crippen molar-refractivity contribution in [2.75, 3.05) is 19.6 Å². The number of nitrogens with zero attached hydrogens (tertiary/aromatic N) is 1. The lowest BCUT2D eigenvalue weighted by molar-refractivity contribution is -0.138. The van der Waals surface area contributed by atoms with E-state index >= 15 is 0 Å². The third kappa shape index (κ3) is 3.26. The Morgan fingerprint density at radius 3 is 2.05 bits per heavy atom. The van der Waals surface area contributed by atoms with Gasteiger partial charge in [-0.2, -0.15) is 0 Å². The highest BCUT2D eigenvalue weighted by molar-refractivity contribution is 6.08. The van der Waals surface area contributed by atoms with E-state index in [4.69, 9.17) is 0 Å². The predicted molar refractivity (Wildman–Crippen MR) is 66.2 cm³/mol. The van der Waals surface area contributed by atoms with Crippen LogP contribution in [0.2, 0.25) is 0 Å². The molecular formula is C13H18N2O4. The highest BCUT2D eigenvalue weighted by Crippen LogP contribution is 2.20. The Morgan fingerprint density at radius 1 is 0.895 bits per heavy atom. The third-order valence-electron chi connectivity index (χ3n) is 3.67. The average molecular weight is 266 g/mol. The van der Waals surface area contributed by atoms with Crippen molar-refractivity contribution in [3.05, 3.63) is 0 Å². The first-order valence-corrected chi connectivity index (χ1v) is 6.69. The number of ketones is 2. The van der Waals surface area contributed by atoms with Crippen molar-refractivity contribution in [2.45, 2.75) is 32.1 Å². The molecule has 19 heavy (non-hydrogen) atoms. The maximum Gasteiger partial charge on any atom is 0.229 e. The lowest BCUT2D eigenvalue weighted by atomic mass is 10.0. The van der Waals surface area contributed by atoms with E-state index in [2.05, 4.69) is 5.32 Å². The van der Waals surface area contributed by atoms with E-state index in [9.17, 15) is 19.2 Å². The molecule has 0 aromatic rings. The summed E-state index contributed by atoms with van der Waals surface area (Å²) < 4.78 is 0. The zero-order chi connectivity index (χ0) is 13.8. The second kappa shape index (κ2) is 6.06. The van der Waals surface area contributed by atoms with Gasteiger partial charge in [0.05, 0.1) is 5.92 Å². The van der Waals surface area contributed by atoms with Crippen LogP contribution in [0.4, 0.5) is 0 Å². The Bertz CT molecular complexity index is 349. The zero-order valence-corrected chi connectivity index (χ0v) is 10.8. The quantitative estimate of drug-likeness (QED) is 0.404. The highest BCUT2D eigenvalue weighted by atomic mass is 16.2. The molecule has 0 radical (unpaired) electrons. The number of carbonyl (C=O) groups excluding carboxylic acids is 4. The molecule has 0 spiro atoms. The molecule has 2 amide bonds. The van der Waals surface area contributed by atoms with Crippen LogP contribution in [-0.4, -0.2) is 47.9 Å². The Balaban J connectivity index is 1.62. The Morgan fingerprint density at radius 2 is 1.47 bits per heavy atom. The number of rotatable bonds is 6. The summed E-state index contributed by atoms with van der Waals surface area (Å²) in [7, 11) is 0. The van der Waals surface area contributed by atoms with Crippen molar-refractivity contribution in [2.24, 2.45) is 5.92 Å². The minimum Gasteiger partial charge on any atom is -0.315 e. The molecule has 1 saturated carbocycles. The molecule has 104 valence electrons. The van der Waals surface area contributed by atoms with Crippen LogP contribution in [0, 0.1) is 5.92 Å². The molecule has 2 fully saturated rings. The second-order valence-corrected chi connectivity index (χ2v) is 4.96. The van der Waals surface area contributed by atoms with Gasteiger partial charge in [-0.05, 0) is 13.0 Å². The molecule has 0 aromatic heterocycles. The van der Waals surface area contributed by atoms with Crippen LogP contribution < -0.4 is 5.32 Å². The minimum atomic E-state index is -0.442. The second-order valence-electron chi connectivity index (χ2n) is 4.96. The van der Waals surface area contributed by atoms with Crippen molar-refractivity contribution in [3.8, 4) is 0 Å². The van der Waals surface area contributed by atoms with Crippen molar-refractivity contribution in [1.29, 1.82) is 0 Å². The van der Waals surface area contributed by atoms with E-state index in [-0.39, 0.29) is 23.4 Å². The summed E-state index contributed by atoms with van der Waals surface area (Å²) in [6.07, 6.45) is 1.88. The SMILES string of the molecule is O=C1CCC(=O)C1CCNCCN1C(=O)CCC1=O. The van der Waals surface area contributed by atoms with E-state index in [0.29, 0.717) is 51.7 Å². The molecule has 0 aromatic carbocycles. The molecular weight excluding hydrogens is 248 g/mol. The number of hydrogen-bond acceptors (Lipinski definition) is 5. The van der Waals surface area contributed by atoms with Crippen LogP contribution in [0.5, 0.6) is 0 Å². The van der Waals surface area contributed by atoms with Crippen LogP contribution in [0.25, 0.3) is 0 Å². The maximum atomic E-state index is 11.4. The molecule has 6 heteroatoms. The first kappa shape index (κ1) is 13.9. The van der Waals surface area contributed by atoms with Crippen LogP contribution >= 0.6 is 0 Å². The largest absolute Gasteiger partial charge is 0.315 e. The van der Waals surface area contributed by atoms with Gasteiger partial charge in [0.25, 0.3) is 0 Å². The van der Waals surface area contributed by atoms with Crippen LogP contribution in [-0.2, 0) is 19.2 Å². The van der Waals surface area contributed by atoms with Gasteiger partial charge in [0.2, 0.25) is 11.8 Å². The minimum absolute atomic E-state index is 0.0386. The molecule has 0 unspecified atom stereocenters. The fourth-order valence-electron chi connectivity index (χ4n) is 2.53. The number of carbonyl (C=O) groups is 4. The Kier molecular flexibility index (Phi) is 4.42. The van der Waals surface area contributed by atoms with E-state index in [1.807, 2.05) is 0 Å². The Labute approximate surface area is 111 Å². The summed E-state index contributed by atoms with van der Waals surface area (Å²) in [4.78, 5) is 46.7. The van der Waals surface area contributed by atoms with E-state index in [0.717, 1.165) is 0 Å². The van der Waals surface area contributed by atoms with E-state index in [1.54, 1.807) is 0 Å². The summed E-state index contributed by atoms with van der Waals surface area (Å²) in [5, 5.41) is 3.07. The number of Topliss-reactive ketones (excluding diaryl/α,β-unsaturated/α-hetero) is 2. The molecule has 2 rings (SSSR count). The predicted octanol–water partition coefficient (Wildman–Crippen LogP) is -0.337. The summed E-state index contributed by atoms with van der Waals surface area (Å²) in [6.45, 7) is 1.43. The summed E-state index contributed by atoms with van der Waals surface area (Å²) in [5.74, 6) is -0.600. The first-order chi connectivity index (χ1) is 9.09. The normalized spacial score (nSPS) is 20.9. The van der Waals surface area contributed by atoms with Gasteiger partial charge in [-0.1, -0.05) is 0 Å². The van der Waals surface area contributed by atoms with Crippen molar-refractivity contribution in [1.82, 2.24) is 10.2 Å². The molecule has 1 aliphatic carbocycles. The van der Waals surface area contributed by atoms with Crippen molar-refractivity contribution >= 4 is 23.4 Å². The van der Waals surface area contributed by atoms with Gasteiger partial charge < -0.3 is 5.32 Å². The lowest BCUT2D eigenvalue weighted by Gasteiger charge is -2.14. The monoisotopic (exact) mass is 266 g/mol. The van der Waals surface area contributed by atoms with Gasteiger partial charge >= 0.3 is 0 Å². The van der Waals surface area contributed by atoms with E-state index < -0.39 is 5.92 Å². The maximum absolute atomic E-state index is 11.4. The fraction of sp³-hybridized carbons (Fsp3) is 0.692. The molecule has 1 saturated heterocycles. The molecule has 0 atom stereocenters. The van der Waals surface area contributed by atoms with Gasteiger partial charge in [0.1, 0.15) is 11.6 Å². The van der Waals surface area contributed by atoms with Gasteiger partial charge in [0.15, 0.2) is 0 Å². The summed E-state index contributed by atoms with van der Waals surface area (Å²) in [5.41, 5.74) is 0. The lowest BCUT2D eigenvalue weighted by Crippen LogP contribution is -2.36. The first-order valence-electron chi connectivity index (χ1n) is 6.69. The van der Waals surface area contributed by atoms with Crippen LogP contribution in [0.15, 0.2) is 0 Å². The molecule has 1 N–H and O–H groups in total. The van der Waals surface area contributed by atoms with Gasteiger partial charge in [-0.25, -0.2) is 0 Å². The number of nitrogens with one attached hydrogen (secondary N) is 1. The average Bonchev–Trinajstić information content (AvgIpc) is 2.86. The molecule has 1 heterocycles. The standard InChI is InChI=1S/C13H18N2O4/c16-10-1-2-11(17)9(10)5-6-14-7-8-15-12(18)3-4-13(15)19/h9,14H,1-8H2. The highest BCUT2D eigenvalue weighted by Gasteiger charge is 2.32. The third-order valence-corrected chi connectivity index (χ3v) is 3.67. The van der Waals surface area contributed by atoms with Gasteiger partial charge in [-0.3, -0.25) is 24.1 Å². The Hall–Kier alpha value is -1.56. The number of likely N-dealkylation sites (tertiary alicyclic amines) is 1.